The average molecular weight is 192 g/mol. The zero-order valence-electron chi connectivity index (χ0n) is 6.54. The van der Waals surface area contributed by atoms with Gasteiger partial charge in [0.15, 0.2) is 0 Å². The molecule has 0 N–H and O–H groups in total. The lowest BCUT2D eigenvalue weighted by molar-refractivity contribution is -0.306. The van der Waals surface area contributed by atoms with Gasteiger partial charge in [-0.25, -0.2) is 0 Å². The molecule has 0 spiro atoms. The number of carbonyl (C=O) groups excluding carboxylic acids is 1. The Morgan fingerprint density at radius 2 is 2.23 bits per heavy atom. The number of halogens is 3. The molecule has 1 unspecified atom stereocenters. The zero-order chi connectivity index (χ0) is 9.90. The summed E-state index contributed by atoms with van der Waals surface area (Å²) >= 11 is 0. The molecule has 1 rings (SSSR count). The summed E-state index contributed by atoms with van der Waals surface area (Å²) in [5, 5.41) is 0. The van der Waals surface area contributed by atoms with Gasteiger partial charge in [-0.3, -0.25) is 0 Å². The number of hydrogen-bond acceptors (Lipinski definition) is 2. The Bertz CT molecular complexity index is 253. The molecule has 0 fully saturated rings. The van der Waals surface area contributed by atoms with Crippen molar-refractivity contribution >= 4 is 6.29 Å². The van der Waals surface area contributed by atoms with Gasteiger partial charge in [-0.2, -0.15) is 0 Å². The van der Waals surface area contributed by atoms with Crippen molar-refractivity contribution in [3.63, 3.8) is 0 Å². The number of ether oxygens (including phenoxy) is 1. The fourth-order valence-corrected chi connectivity index (χ4v) is 0.992. The lowest BCUT2D eigenvalue weighted by Crippen LogP contribution is -2.16. The summed E-state index contributed by atoms with van der Waals surface area (Å²) in [6.07, 6.45) is -0.0133. The molecule has 0 aromatic heterocycles. The third-order valence-corrected chi connectivity index (χ3v) is 1.50. The smallest absolute Gasteiger partial charge is 0.410 e. The molecule has 5 heteroatoms. The molecule has 0 saturated heterocycles. The summed E-state index contributed by atoms with van der Waals surface area (Å²) in [6, 6.07) is 0. The van der Waals surface area contributed by atoms with Crippen molar-refractivity contribution in [2.75, 3.05) is 0 Å². The molecule has 0 aliphatic heterocycles. The van der Waals surface area contributed by atoms with Gasteiger partial charge in [0.05, 0.1) is 0 Å². The fraction of sp³-hybridized carbons (Fsp3) is 0.375. The zero-order valence-corrected chi connectivity index (χ0v) is 6.54. The predicted octanol–water partition coefficient (Wildman–Crippen LogP) is 2.18. The van der Waals surface area contributed by atoms with E-state index >= 15 is 0 Å². The largest absolute Gasteiger partial charge is 0.572 e. The fourth-order valence-electron chi connectivity index (χ4n) is 0.992. The van der Waals surface area contributed by atoms with E-state index in [4.69, 9.17) is 0 Å². The molecule has 0 bridgehead atoms. The van der Waals surface area contributed by atoms with Crippen LogP contribution in [0.25, 0.3) is 0 Å². The van der Waals surface area contributed by atoms with E-state index in [0.717, 1.165) is 0 Å². The van der Waals surface area contributed by atoms with Crippen molar-refractivity contribution in [2.24, 2.45) is 5.92 Å². The van der Waals surface area contributed by atoms with Gasteiger partial charge in [0.2, 0.25) is 0 Å². The van der Waals surface area contributed by atoms with E-state index < -0.39 is 12.3 Å². The number of carbonyl (C=O) groups is 1. The van der Waals surface area contributed by atoms with Crippen LogP contribution in [0.4, 0.5) is 13.2 Å². The molecule has 1 atom stereocenters. The van der Waals surface area contributed by atoms with Crippen molar-refractivity contribution < 1.29 is 22.7 Å². The molecule has 72 valence electrons. The quantitative estimate of drug-likeness (QED) is 0.627. The van der Waals surface area contributed by atoms with E-state index in [9.17, 15) is 18.0 Å². The molecule has 1 aliphatic rings. The number of alkyl halides is 3. The highest BCUT2D eigenvalue weighted by Crippen LogP contribution is 2.26. The Hall–Kier alpha value is -1.26. The first-order valence-electron chi connectivity index (χ1n) is 3.59. The normalized spacial score (nSPS) is 22.4. The molecule has 1 aliphatic carbocycles. The average Bonchev–Trinajstić information content (AvgIpc) is 2.01. The van der Waals surface area contributed by atoms with E-state index in [1.54, 1.807) is 0 Å². The number of allylic oxidation sites excluding steroid dienone is 4. The van der Waals surface area contributed by atoms with Gasteiger partial charge in [-0.1, -0.05) is 12.2 Å². The Balaban J connectivity index is 2.58. The first-order chi connectivity index (χ1) is 6.01. The highest BCUT2D eigenvalue weighted by Gasteiger charge is 2.32. The summed E-state index contributed by atoms with van der Waals surface area (Å²) in [6.45, 7) is 0. The van der Waals surface area contributed by atoms with Gasteiger partial charge in [-0.05, 0) is 6.08 Å². The SMILES string of the molecule is O=CC1C=CC=C(OC(F)(F)F)C1. The number of rotatable bonds is 2. The molecule has 0 radical (unpaired) electrons. The van der Waals surface area contributed by atoms with E-state index in [1.165, 1.54) is 18.2 Å². The molecule has 2 nitrogen and oxygen atoms in total. The van der Waals surface area contributed by atoms with Crippen LogP contribution in [0.3, 0.4) is 0 Å². The van der Waals surface area contributed by atoms with Crippen molar-refractivity contribution in [3.05, 3.63) is 24.0 Å². The molecule has 0 aromatic rings. The van der Waals surface area contributed by atoms with E-state index in [-0.39, 0.29) is 12.2 Å². The van der Waals surface area contributed by atoms with Crippen LogP contribution in [0.5, 0.6) is 0 Å². The second kappa shape index (κ2) is 3.64. The third kappa shape index (κ3) is 3.31. The molecule has 13 heavy (non-hydrogen) atoms. The lowest BCUT2D eigenvalue weighted by Gasteiger charge is -2.16. The van der Waals surface area contributed by atoms with Crippen LogP contribution in [0.1, 0.15) is 6.42 Å². The van der Waals surface area contributed by atoms with Gasteiger partial charge in [0, 0.05) is 12.3 Å². The minimum Gasteiger partial charge on any atom is -0.410 e. The van der Waals surface area contributed by atoms with Crippen molar-refractivity contribution in [2.45, 2.75) is 12.8 Å². The van der Waals surface area contributed by atoms with Crippen LogP contribution in [-0.2, 0) is 9.53 Å². The number of aldehydes is 1. The number of hydrogen-bond donors (Lipinski definition) is 0. The first kappa shape index (κ1) is 9.83. The maximum Gasteiger partial charge on any atom is 0.572 e. The maximum atomic E-state index is 11.7. The molecule has 0 amide bonds. The Kier molecular flexibility index (Phi) is 2.75. The minimum atomic E-state index is -4.68. The summed E-state index contributed by atoms with van der Waals surface area (Å²) in [5.74, 6) is -0.741. The summed E-state index contributed by atoms with van der Waals surface area (Å²) in [4.78, 5) is 10.3. The summed E-state index contributed by atoms with van der Waals surface area (Å²) < 4.78 is 38.7. The van der Waals surface area contributed by atoms with Crippen molar-refractivity contribution in [1.82, 2.24) is 0 Å². The second-order valence-electron chi connectivity index (χ2n) is 2.57. The van der Waals surface area contributed by atoms with Crippen LogP contribution < -0.4 is 0 Å². The molecule has 0 saturated carbocycles. The Morgan fingerprint density at radius 3 is 2.77 bits per heavy atom. The summed E-state index contributed by atoms with van der Waals surface area (Å²) in [5.41, 5.74) is 0. The van der Waals surface area contributed by atoms with E-state index in [2.05, 4.69) is 4.74 Å². The predicted molar refractivity (Wildman–Crippen MR) is 38.5 cm³/mol. The minimum absolute atomic E-state index is 0.0283. The van der Waals surface area contributed by atoms with Gasteiger partial charge >= 0.3 is 6.36 Å². The molecular weight excluding hydrogens is 185 g/mol. The monoisotopic (exact) mass is 192 g/mol. The van der Waals surface area contributed by atoms with Gasteiger partial charge < -0.3 is 9.53 Å². The van der Waals surface area contributed by atoms with Gasteiger partial charge in [0.1, 0.15) is 12.0 Å². The third-order valence-electron chi connectivity index (χ3n) is 1.50. The first-order valence-corrected chi connectivity index (χ1v) is 3.59. The molecule has 0 heterocycles. The Morgan fingerprint density at radius 1 is 1.54 bits per heavy atom. The van der Waals surface area contributed by atoms with Crippen LogP contribution >= 0.6 is 0 Å². The maximum absolute atomic E-state index is 11.7. The van der Waals surface area contributed by atoms with E-state index in [1.807, 2.05) is 0 Å². The van der Waals surface area contributed by atoms with Gasteiger partial charge in [-0.15, -0.1) is 13.2 Å². The Labute approximate surface area is 72.7 Å². The summed E-state index contributed by atoms with van der Waals surface area (Å²) in [7, 11) is 0. The van der Waals surface area contributed by atoms with Crippen molar-refractivity contribution in [3.8, 4) is 0 Å². The highest BCUT2D eigenvalue weighted by molar-refractivity contribution is 5.58. The van der Waals surface area contributed by atoms with E-state index in [0.29, 0.717) is 6.29 Å². The van der Waals surface area contributed by atoms with Crippen LogP contribution in [0, 0.1) is 5.92 Å². The topological polar surface area (TPSA) is 26.3 Å². The van der Waals surface area contributed by atoms with Crippen LogP contribution in [0.15, 0.2) is 24.0 Å². The molecular formula is C8H7F3O2. The second-order valence-corrected chi connectivity index (χ2v) is 2.57. The van der Waals surface area contributed by atoms with Crippen molar-refractivity contribution in [1.29, 1.82) is 0 Å². The lowest BCUT2D eigenvalue weighted by atomic mass is 10.0. The van der Waals surface area contributed by atoms with Crippen LogP contribution in [0.2, 0.25) is 0 Å². The van der Waals surface area contributed by atoms with Gasteiger partial charge in [0.25, 0.3) is 0 Å². The van der Waals surface area contributed by atoms with Crippen LogP contribution in [-0.4, -0.2) is 12.6 Å². The molecule has 0 aromatic carbocycles. The standard InChI is InChI=1S/C8H7F3O2/c9-8(10,11)13-7-3-1-2-6(4-7)5-12/h1-3,5-6H,4H2. The highest BCUT2D eigenvalue weighted by atomic mass is 19.4.